The molecule has 140 valence electrons. The molecular formula is C23H34N3+. The topological polar surface area (TPSA) is 21.7 Å². The molecule has 0 aromatic carbocycles. The predicted molar refractivity (Wildman–Crippen MR) is 99.4 cm³/mol. The molecule has 0 aliphatic heterocycles. The smallest absolute Gasteiger partial charge is 0.137 e. The minimum atomic E-state index is 0.382. The van der Waals surface area contributed by atoms with Crippen molar-refractivity contribution in [3.8, 4) is 0 Å². The van der Waals surface area contributed by atoms with Gasteiger partial charge in [-0.1, -0.05) is 0 Å². The Kier molecular flexibility index (Phi) is 2.76. The van der Waals surface area contributed by atoms with E-state index in [-0.39, 0.29) is 0 Å². The van der Waals surface area contributed by atoms with Crippen LogP contribution in [0.1, 0.15) is 82.7 Å². The van der Waals surface area contributed by atoms with Gasteiger partial charge in [-0.3, -0.25) is 0 Å². The summed E-state index contributed by atoms with van der Waals surface area (Å²) in [5.74, 6) is 6.05. The summed E-state index contributed by atoms with van der Waals surface area (Å²) in [5, 5.41) is 5.19. The number of rotatable bonds is 2. The molecule has 9 rings (SSSR count). The lowest BCUT2D eigenvalue weighted by molar-refractivity contribution is -0.826. The fourth-order valence-corrected chi connectivity index (χ4v) is 9.90. The first-order chi connectivity index (χ1) is 12.6. The Balaban J connectivity index is 1.29. The SMILES string of the molecule is Cn1n[n+](C23CC4CC(CC(C4)C2)C3)cc1C12CC3CC(CC(C3)C1)C2. The van der Waals surface area contributed by atoms with Gasteiger partial charge in [-0.05, 0) is 113 Å². The lowest BCUT2D eigenvalue weighted by Gasteiger charge is -2.55. The summed E-state index contributed by atoms with van der Waals surface area (Å²) in [6.07, 6.45) is 20.4. The monoisotopic (exact) mass is 352 g/mol. The first-order valence-corrected chi connectivity index (χ1v) is 11.6. The Morgan fingerprint density at radius 2 is 1.19 bits per heavy atom. The molecule has 8 saturated carbocycles. The van der Waals surface area contributed by atoms with Crippen LogP contribution in [0.4, 0.5) is 0 Å². The normalized spacial score (nSPS) is 53.6. The van der Waals surface area contributed by atoms with Gasteiger partial charge >= 0.3 is 0 Å². The molecular weight excluding hydrogens is 318 g/mol. The van der Waals surface area contributed by atoms with Gasteiger partial charge in [0, 0.05) is 5.41 Å². The largest absolute Gasteiger partial charge is 0.173 e. The van der Waals surface area contributed by atoms with Gasteiger partial charge in [-0.15, -0.1) is 9.36 Å². The van der Waals surface area contributed by atoms with Gasteiger partial charge in [0.2, 0.25) is 0 Å². The third-order valence-corrected chi connectivity index (χ3v) is 9.90. The van der Waals surface area contributed by atoms with Crippen molar-refractivity contribution in [2.75, 3.05) is 0 Å². The minimum Gasteiger partial charge on any atom is -0.137 e. The minimum absolute atomic E-state index is 0.382. The number of aryl methyl sites for hydroxylation is 1. The molecule has 1 aromatic heterocycles. The molecule has 8 aliphatic rings. The third kappa shape index (κ3) is 1.91. The van der Waals surface area contributed by atoms with Crippen LogP contribution < -0.4 is 4.68 Å². The predicted octanol–water partition coefficient (Wildman–Crippen LogP) is 4.10. The van der Waals surface area contributed by atoms with E-state index >= 15 is 0 Å². The molecule has 0 radical (unpaired) electrons. The van der Waals surface area contributed by atoms with Gasteiger partial charge in [0.05, 0.1) is 5.21 Å². The van der Waals surface area contributed by atoms with Gasteiger partial charge in [-0.2, -0.15) is 0 Å². The maximum absolute atomic E-state index is 5.19. The van der Waals surface area contributed by atoms with E-state index in [1.54, 1.807) is 5.69 Å². The van der Waals surface area contributed by atoms with Gasteiger partial charge in [0.1, 0.15) is 12.6 Å². The average molecular weight is 353 g/mol. The van der Waals surface area contributed by atoms with Crippen molar-refractivity contribution in [2.24, 2.45) is 42.6 Å². The Morgan fingerprint density at radius 3 is 1.65 bits per heavy atom. The molecule has 3 heteroatoms. The molecule has 1 heterocycles. The van der Waals surface area contributed by atoms with Crippen LogP contribution in [0.25, 0.3) is 0 Å². The quantitative estimate of drug-likeness (QED) is 0.734. The second kappa shape index (κ2) is 4.75. The first-order valence-electron chi connectivity index (χ1n) is 11.6. The molecule has 0 atom stereocenters. The Hall–Kier alpha value is -0.860. The standard InChI is InChI=1S/C23H34N3/c1-25-21(22-8-15-2-16(9-22)4-17(3-15)10-22)14-26(24-25)23-11-18-5-19(12-23)7-20(6-18)13-23/h14-20H,2-13H2,1H3/q+1. The molecule has 0 spiro atoms. The third-order valence-electron chi connectivity index (χ3n) is 9.90. The highest BCUT2D eigenvalue weighted by atomic mass is 15.5. The van der Waals surface area contributed by atoms with Crippen molar-refractivity contribution in [2.45, 2.75) is 88.0 Å². The summed E-state index contributed by atoms with van der Waals surface area (Å²) in [4.78, 5) is 0. The molecule has 0 unspecified atom stereocenters. The Labute approximate surface area is 157 Å². The lowest BCUT2D eigenvalue weighted by Crippen LogP contribution is -2.65. The molecule has 0 N–H and O–H groups in total. The molecule has 8 fully saturated rings. The average Bonchev–Trinajstić information content (AvgIpc) is 2.96. The van der Waals surface area contributed by atoms with E-state index in [1.807, 2.05) is 0 Å². The second-order valence-corrected chi connectivity index (χ2v) is 11.8. The number of hydrogen-bond donors (Lipinski definition) is 0. The maximum atomic E-state index is 5.19. The summed E-state index contributed by atoms with van der Waals surface area (Å²) >= 11 is 0. The summed E-state index contributed by atoms with van der Waals surface area (Å²) < 4.78 is 4.84. The zero-order valence-corrected chi connectivity index (χ0v) is 16.4. The second-order valence-electron chi connectivity index (χ2n) is 11.8. The van der Waals surface area contributed by atoms with E-state index in [2.05, 4.69) is 22.6 Å². The number of nitrogens with zero attached hydrogens (tertiary/aromatic N) is 3. The molecule has 26 heavy (non-hydrogen) atoms. The summed E-state index contributed by atoms with van der Waals surface area (Å²) in [5.41, 5.74) is 2.46. The van der Waals surface area contributed by atoms with Crippen LogP contribution in [-0.4, -0.2) is 9.90 Å². The maximum Gasteiger partial charge on any atom is 0.173 e. The highest BCUT2D eigenvalue weighted by Gasteiger charge is 2.58. The van der Waals surface area contributed by atoms with Crippen LogP contribution in [0.2, 0.25) is 0 Å². The van der Waals surface area contributed by atoms with E-state index < -0.39 is 0 Å². The van der Waals surface area contributed by atoms with Crippen LogP contribution >= 0.6 is 0 Å². The fraction of sp³-hybridized carbons (Fsp3) is 0.913. The van der Waals surface area contributed by atoms with E-state index in [0.717, 1.165) is 35.5 Å². The number of hydrogen-bond acceptors (Lipinski definition) is 1. The van der Waals surface area contributed by atoms with Crippen LogP contribution in [0.15, 0.2) is 6.20 Å². The van der Waals surface area contributed by atoms with Gasteiger partial charge in [0.15, 0.2) is 11.9 Å². The molecule has 8 aliphatic carbocycles. The highest BCUT2D eigenvalue weighted by molar-refractivity contribution is 5.20. The van der Waals surface area contributed by atoms with Gasteiger partial charge in [-0.25, -0.2) is 0 Å². The van der Waals surface area contributed by atoms with Crippen molar-refractivity contribution in [3.05, 3.63) is 11.9 Å². The van der Waals surface area contributed by atoms with Gasteiger partial charge in [0.25, 0.3) is 0 Å². The highest BCUT2D eigenvalue weighted by Crippen LogP contribution is 2.61. The molecule has 8 bridgehead atoms. The molecule has 1 aromatic rings. The van der Waals surface area contributed by atoms with Crippen molar-refractivity contribution < 1.29 is 4.68 Å². The lowest BCUT2D eigenvalue weighted by atomic mass is 9.49. The molecule has 0 saturated heterocycles. The zero-order chi connectivity index (χ0) is 17.1. The fourth-order valence-electron chi connectivity index (χ4n) is 9.90. The first kappa shape index (κ1) is 15.1. The zero-order valence-electron chi connectivity index (χ0n) is 16.4. The van der Waals surface area contributed by atoms with Crippen LogP contribution in [0.5, 0.6) is 0 Å². The summed E-state index contributed by atoms with van der Waals surface area (Å²) in [6.45, 7) is 0. The van der Waals surface area contributed by atoms with Crippen molar-refractivity contribution in [1.82, 2.24) is 9.90 Å². The van der Waals surface area contributed by atoms with E-state index in [4.69, 9.17) is 5.21 Å². The van der Waals surface area contributed by atoms with Crippen molar-refractivity contribution >= 4 is 0 Å². The van der Waals surface area contributed by atoms with Crippen LogP contribution in [0.3, 0.4) is 0 Å². The van der Waals surface area contributed by atoms with Crippen molar-refractivity contribution in [3.63, 3.8) is 0 Å². The van der Waals surface area contributed by atoms with Crippen LogP contribution in [0, 0.1) is 35.5 Å². The van der Waals surface area contributed by atoms with Crippen LogP contribution in [-0.2, 0) is 18.0 Å². The Bertz CT molecular complexity index is 689. The van der Waals surface area contributed by atoms with Gasteiger partial charge < -0.3 is 0 Å². The van der Waals surface area contributed by atoms with Crippen molar-refractivity contribution in [1.29, 1.82) is 0 Å². The van der Waals surface area contributed by atoms with E-state index in [0.29, 0.717) is 11.0 Å². The molecule has 0 amide bonds. The summed E-state index contributed by atoms with van der Waals surface area (Å²) in [6, 6.07) is 0. The van der Waals surface area contributed by atoms with E-state index in [9.17, 15) is 0 Å². The summed E-state index contributed by atoms with van der Waals surface area (Å²) in [7, 11) is 2.25. The number of aromatic nitrogens is 3. The Morgan fingerprint density at radius 1 is 0.769 bits per heavy atom. The van der Waals surface area contributed by atoms with E-state index in [1.165, 1.54) is 77.0 Å². The molecule has 3 nitrogen and oxygen atoms in total.